The summed E-state index contributed by atoms with van der Waals surface area (Å²) >= 11 is 1.36. The molecule has 0 saturated heterocycles. The van der Waals surface area contributed by atoms with E-state index in [0.717, 1.165) is 0 Å². The van der Waals surface area contributed by atoms with E-state index in [9.17, 15) is 0 Å². The molecule has 246 valence electrons. The first-order valence-corrected chi connectivity index (χ1v) is 20.3. The minimum absolute atomic E-state index is 0. The summed E-state index contributed by atoms with van der Waals surface area (Å²) in [6.07, 6.45) is 8.18. The van der Waals surface area contributed by atoms with Crippen molar-refractivity contribution >= 4 is 23.3 Å². The topological polar surface area (TPSA) is 3.24 Å². The Morgan fingerprint density at radius 3 is 1.94 bits per heavy atom. The van der Waals surface area contributed by atoms with E-state index in [1.165, 1.54) is 90.0 Å². The van der Waals surface area contributed by atoms with Crippen LogP contribution in [0, 0.1) is 33.8 Å². The molecule has 0 N–H and O–H groups in total. The first-order valence-electron chi connectivity index (χ1n) is 16.1. The number of benzene rings is 4. The minimum atomic E-state index is 0. The summed E-state index contributed by atoms with van der Waals surface area (Å²) in [7, 11) is 0. The van der Waals surface area contributed by atoms with Crippen molar-refractivity contribution in [2.45, 2.75) is 59.9 Å². The third kappa shape index (κ3) is 8.60. The summed E-state index contributed by atoms with van der Waals surface area (Å²) in [5.41, 5.74) is 13.2. The summed E-state index contributed by atoms with van der Waals surface area (Å²) in [4.78, 5) is 2.42. The van der Waals surface area contributed by atoms with Crippen LogP contribution in [0.25, 0.3) is 33.0 Å². The van der Waals surface area contributed by atoms with Crippen molar-refractivity contribution in [3.63, 3.8) is 0 Å². The molecule has 7 rings (SSSR count). The second kappa shape index (κ2) is 16.8. The Morgan fingerprint density at radius 1 is 0.792 bits per heavy atom. The van der Waals surface area contributed by atoms with E-state index in [-0.39, 0.29) is 20.3 Å². The van der Waals surface area contributed by atoms with Gasteiger partial charge in [-0.15, -0.1) is 57.8 Å². The fourth-order valence-electron chi connectivity index (χ4n) is 6.27. The normalized spacial score (nSPS) is 14.7. The van der Waals surface area contributed by atoms with Crippen LogP contribution < -0.4 is 4.90 Å². The predicted octanol–water partition coefficient (Wildman–Crippen LogP) is 12.1. The van der Waals surface area contributed by atoms with Gasteiger partial charge in [0.1, 0.15) is 0 Å². The van der Waals surface area contributed by atoms with Gasteiger partial charge in [-0.25, -0.2) is 0 Å². The Bertz CT molecular complexity index is 1880. The first-order chi connectivity index (χ1) is 22.1. The van der Waals surface area contributed by atoms with E-state index >= 15 is 0 Å². The van der Waals surface area contributed by atoms with Crippen LogP contribution in [-0.2, 0) is 28.8 Å². The van der Waals surface area contributed by atoms with Gasteiger partial charge in [0.05, 0.1) is 0 Å². The Morgan fingerprint density at radius 2 is 1.38 bits per heavy atom. The molecule has 1 nitrogen and oxygen atoms in total. The van der Waals surface area contributed by atoms with Crippen LogP contribution >= 0.6 is 0 Å². The van der Waals surface area contributed by atoms with Crippen LogP contribution in [0.3, 0.4) is 0 Å². The van der Waals surface area contributed by atoms with Crippen molar-refractivity contribution in [1.29, 1.82) is 0 Å². The molecule has 0 aromatic heterocycles. The van der Waals surface area contributed by atoms with Gasteiger partial charge in [-0.3, -0.25) is 0 Å². The van der Waals surface area contributed by atoms with Gasteiger partial charge in [0.2, 0.25) is 0 Å². The van der Waals surface area contributed by atoms with Gasteiger partial charge in [-0.1, -0.05) is 137 Å². The number of allylic oxidation sites excluding steroid dienone is 3. The summed E-state index contributed by atoms with van der Waals surface area (Å²) in [5, 5.41) is 2.65. The van der Waals surface area contributed by atoms with Crippen molar-refractivity contribution in [3.8, 4) is 22.3 Å². The molecule has 5 aromatic rings. The van der Waals surface area contributed by atoms with Crippen molar-refractivity contribution in [1.82, 2.24) is 0 Å². The quantitative estimate of drug-likeness (QED) is 0.132. The summed E-state index contributed by atoms with van der Waals surface area (Å²) in [5.74, 6) is 0.527. The number of anilines is 1. The molecular weight excluding hydrogens is 674 g/mol. The average molecular weight is 723 g/mol. The van der Waals surface area contributed by atoms with Crippen LogP contribution in [0.1, 0.15) is 52.7 Å². The van der Waals surface area contributed by atoms with Crippen molar-refractivity contribution in [2.24, 2.45) is 5.92 Å². The van der Waals surface area contributed by atoms with E-state index in [1.807, 2.05) is 0 Å². The van der Waals surface area contributed by atoms with Gasteiger partial charge in [0, 0.05) is 11.7 Å². The maximum atomic E-state index is 3.56. The zero-order valence-corrected chi connectivity index (χ0v) is 33.6. The van der Waals surface area contributed by atoms with Crippen molar-refractivity contribution in [2.75, 3.05) is 4.90 Å². The molecule has 1 heterocycles. The van der Waals surface area contributed by atoms with E-state index in [4.69, 9.17) is 0 Å². The van der Waals surface area contributed by atoms with E-state index in [0.29, 0.717) is 12.0 Å². The van der Waals surface area contributed by atoms with Gasteiger partial charge in [-0.2, -0.15) is 6.07 Å². The van der Waals surface area contributed by atoms with Gasteiger partial charge in [-0.05, 0) is 47.1 Å². The van der Waals surface area contributed by atoms with Crippen LogP contribution in [0.5, 0.6) is 0 Å². The number of nitrogens with zero attached hydrogens (tertiary/aromatic N) is 1. The number of rotatable bonds is 4. The van der Waals surface area contributed by atoms with Gasteiger partial charge < -0.3 is 19.8 Å². The molecule has 1 aliphatic carbocycles. The molecule has 0 saturated carbocycles. The fourth-order valence-corrected chi connectivity index (χ4v) is 6.27. The molecule has 1 aliphatic heterocycles. The third-order valence-corrected chi connectivity index (χ3v) is 8.71. The Hall–Kier alpha value is -3.39. The van der Waals surface area contributed by atoms with Crippen LogP contribution in [-0.4, -0.2) is 12.9 Å². The van der Waals surface area contributed by atoms with Crippen LogP contribution in [0.2, 0.25) is 0 Å². The Balaban J connectivity index is 0.000000238. The number of aryl methyl sites for hydroxylation is 1. The predicted molar refractivity (Wildman–Crippen MR) is 209 cm³/mol. The molecule has 2 aliphatic rings. The summed E-state index contributed by atoms with van der Waals surface area (Å²) in [6, 6.07) is 39.8. The molecule has 0 amide bonds. The third-order valence-electron chi connectivity index (χ3n) is 8.71. The average Bonchev–Trinajstić information content (AvgIpc) is 3.73. The SMILES string of the molecule is CC(C)C1=[C-]C2=CC(C)N(c3ccc(C(C)(C)C)cc3)C2=C1.Cc1cc2c(-c3ccccc3)cc(-c3ccccc3)cc2[cH-]1.[CH3-].[CH3-].[Si]=[Zr]. The first kappa shape index (κ1) is 39.1. The molecule has 48 heavy (non-hydrogen) atoms. The molecule has 0 fully saturated rings. The number of fused-ring (bicyclic) bond motifs is 2. The summed E-state index contributed by atoms with van der Waals surface area (Å²) in [6.45, 7) is 18.7. The maximum absolute atomic E-state index is 3.56. The second-order valence-corrected chi connectivity index (χ2v) is 13.5. The Labute approximate surface area is 308 Å². The van der Waals surface area contributed by atoms with Gasteiger partial charge in [0.15, 0.2) is 0 Å². The zero-order chi connectivity index (χ0) is 33.0. The van der Waals surface area contributed by atoms with Crippen LogP contribution in [0.4, 0.5) is 5.69 Å². The molecule has 2 radical (unpaired) electrons. The molecule has 0 spiro atoms. The standard InChI is InChI=1S/C22H17.C21H26N.2CH3.Si.Zr/c1-16-12-20-14-19(17-8-4-2-5-9-17)15-22(21(20)13-16)18-10-6-3-7-11-18;1-14(2)16-12-17-11-15(3)22(20(17)13-16)19-9-7-18(8-10-19)21(4,5)6;;;;/h2-15H,1H3;7-11,13-15H,1-6H3;2*1H3;;/q4*-1;;. The van der Waals surface area contributed by atoms with Crippen molar-refractivity contribution < 1.29 is 23.3 Å². The molecule has 1 atom stereocenters. The molecule has 5 aromatic carbocycles. The van der Waals surface area contributed by atoms with Gasteiger partial charge in [0.25, 0.3) is 0 Å². The number of hydrogen-bond acceptors (Lipinski definition) is 1. The second-order valence-electron chi connectivity index (χ2n) is 13.5. The molecule has 1 unspecified atom stereocenters. The van der Waals surface area contributed by atoms with E-state index in [2.05, 4.69) is 188 Å². The summed E-state index contributed by atoms with van der Waals surface area (Å²) < 4.78 is 0. The van der Waals surface area contributed by atoms with E-state index < -0.39 is 0 Å². The fraction of sp³-hybridized carbons (Fsp3) is 0.222. The number of hydrogen-bond donors (Lipinski definition) is 0. The zero-order valence-electron chi connectivity index (χ0n) is 30.1. The van der Waals surface area contributed by atoms with Crippen molar-refractivity contribution in [3.05, 3.63) is 170 Å². The molecule has 3 heteroatoms. The monoisotopic (exact) mass is 721 g/mol. The Kier molecular flexibility index (Phi) is 13.7. The van der Waals surface area contributed by atoms with E-state index in [1.54, 1.807) is 0 Å². The van der Waals surface area contributed by atoms with Gasteiger partial charge >= 0.3 is 30.2 Å². The molecule has 0 bridgehead atoms. The molecular formula is C45H49NSiZr-4. The van der Waals surface area contributed by atoms with Crippen LogP contribution in [0.15, 0.2) is 138 Å².